The summed E-state index contributed by atoms with van der Waals surface area (Å²) in [6, 6.07) is 27.3. The van der Waals surface area contributed by atoms with Crippen LogP contribution in [0.15, 0.2) is 78.9 Å². The fraction of sp³-hybridized carbons (Fsp3) is 0.367. The number of aldehydes is 1. The number of benzene rings is 3. The number of ether oxygens (including phenoxy) is 2. The van der Waals surface area contributed by atoms with Crippen molar-refractivity contribution in [3.63, 3.8) is 0 Å². The van der Waals surface area contributed by atoms with E-state index < -0.39 is 0 Å². The Kier molecular flexibility index (Phi) is 9.32. The molecular weight excluding hydrogens is 436 g/mol. The molecule has 0 radical (unpaired) electrons. The van der Waals surface area contributed by atoms with Crippen molar-refractivity contribution in [3.8, 4) is 11.5 Å². The first-order valence-electron chi connectivity index (χ1n) is 12.6. The molecule has 1 aliphatic rings. The van der Waals surface area contributed by atoms with Gasteiger partial charge in [0, 0.05) is 31.7 Å². The van der Waals surface area contributed by atoms with E-state index in [2.05, 4.69) is 70.5 Å². The second-order valence-corrected chi connectivity index (χ2v) is 9.04. The summed E-state index contributed by atoms with van der Waals surface area (Å²) in [6.45, 7) is 6.15. The van der Waals surface area contributed by atoms with Gasteiger partial charge in [0.05, 0.1) is 19.8 Å². The molecule has 1 heterocycles. The predicted molar refractivity (Wildman–Crippen MR) is 140 cm³/mol. The molecule has 35 heavy (non-hydrogen) atoms. The number of carbonyl (C=O) groups is 1. The molecule has 0 N–H and O–H groups in total. The summed E-state index contributed by atoms with van der Waals surface area (Å²) < 4.78 is 11.2. The SMILES string of the molecule is COc1cc(C=O)ccc1OCCCCCN1CCN(C(c2ccccc2)c2ccccc2)CC1. The highest BCUT2D eigenvalue weighted by atomic mass is 16.5. The van der Waals surface area contributed by atoms with Crippen molar-refractivity contribution in [1.82, 2.24) is 9.80 Å². The molecule has 1 saturated heterocycles. The minimum absolute atomic E-state index is 0.314. The molecule has 4 rings (SSSR count). The van der Waals surface area contributed by atoms with E-state index in [-0.39, 0.29) is 0 Å². The van der Waals surface area contributed by atoms with Crippen molar-refractivity contribution in [1.29, 1.82) is 0 Å². The van der Waals surface area contributed by atoms with Gasteiger partial charge in [0.2, 0.25) is 0 Å². The number of rotatable bonds is 12. The van der Waals surface area contributed by atoms with Crippen LogP contribution in [0, 0.1) is 0 Å². The van der Waals surface area contributed by atoms with E-state index >= 15 is 0 Å². The van der Waals surface area contributed by atoms with E-state index in [4.69, 9.17) is 9.47 Å². The minimum Gasteiger partial charge on any atom is -0.493 e. The lowest BCUT2D eigenvalue weighted by Crippen LogP contribution is -2.48. The first-order chi connectivity index (χ1) is 17.3. The Morgan fingerprint density at radius 1 is 0.800 bits per heavy atom. The topological polar surface area (TPSA) is 42.0 Å². The van der Waals surface area contributed by atoms with Crippen LogP contribution in [0.2, 0.25) is 0 Å². The lowest BCUT2D eigenvalue weighted by molar-refractivity contribution is 0.108. The predicted octanol–water partition coefficient (Wildman–Crippen LogP) is 5.46. The van der Waals surface area contributed by atoms with Crippen molar-refractivity contribution in [3.05, 3.63) is 95.6 Å². The minimum atomic E-state index is 0.314. The molecule has 184 valence electrons. The lowest BCUT2D eigenvalue weighted by Gasteiger charge is -2.39. The van der Waals surface area contributed by atoms with Crippen LogP contribution >= 0.6 is 0 Å². The van der Waals surface area contributed by atoms with Gasteiger partial charge in [-0.2, -0.15) is 0 Å². The molecule has 0 amide bonds. The van der Waals surface area contributed by atoms with Crippen molar-refractivity contribution in [2.24, 2.45) is 0 Å². The molecule has 1 aliphatic heterocycles. The highest BCUT2D eigenvalue weighted by Gasteiger charge is 2.26. The highest BCUT2D eigenvalue weighted by molar-refractivity contribution is 5.76. The molecule has 0 atom stereocenters. The van der Waals surface area contributed by atoms with E-state index in [1.54, 1.807) is 25.3 Å². The van der Waals surface area contributed by atoms with Gasteiger partial charge in [-0.3, -0.25) is 9.69 Å². The van der Waals surface area contributed by atoms with Crippen LogP contribution in [0.25, 0.3) is 0 Å². The van der Waals surface area contributed by atoms with Gasteiger partial charge in [-0.25, -0.2) is 0 Å². The summed E-state index contributed by atoms with van der Waals surface area (Å²) in [7, 11) is 1.60. The molecule has 3 aromatic rings. The molecule has 1 fully saturated rings. The van der Waals surface area contributed by atoms with Crippen LogP contribution in [0.3, 0.4) is 0 Å². The number of carbonyl (C=O) groups excluding carboxylic acids is 1. The van der Waals surface area contributed by atoms with Crippen molar-refractivity contribution in [2.45, 2.75) is 25.3 Å². The number of nitrogens with zero attached hydrogens (tertiary/aromatic N) is 2. The van der Waals surface area contributed by atoms with Gasteiger partial charge in [-0.1, -0.05) is 60.7 Å². The van der Waals surface area contributed by atoms with E-state index in [0.29, 0.717) is 29.7 Å². The summed E-state index contributed by atoms with van der Waals surface area (Å²) in [5.41, 5.74) is 3.32. The quantitative estimate of drug-likeness (QED) is 0.259. The Labute approximate surface area is 209 Å². The molecule has 0 aromatic heterocycles. The standard InChI is InChI=1S/C30H36N2O3/c1-34-29-23-25(24-33)15-16-28(29)35-22-10-4-9-17-31-18-20-32(21-19-31)30(26-11-5-2-6-12-26)27-13-7-3-8-14-27/h2-3,5-8,11-16,23-24,30H,4,9-10,17-22H2,1H3. The molecule has 0 saturated carbocycles. The van der Waals surface area contributed by atoms with Crippen molar-refractivity contribution < 1.29 is 14.3 Å². The zero-order valence-corrected chi connectivity index (χ0v) is 20.6. The Morgan fingerprint density at radius 3 is 2.06 bits per heavy atom. The number of methoxy groups -OCH3 is 1. The van der Waals surface area contributed by atoms with Crippen molar-refractivity contribution in [2.75, 3.05) is 46.4 Å². The second kappa shape index (κ2) is 13.1. The van der Waals surface area contributed by atoms with Gasteiger partial charge in [0.25, 0.3) is 0 Å². The van der Waals surface area contributed by atoms with Gasteiger partial charge in [-0.05, 0) is 55.1 Å². The maximum absolute atomic E-state index is 10.9. The molecule has 0 spiro atoms. The maximum Gasteiger partial charge on any atom is 0.161 e. The number of hydrogen-bond donors (Lipinski definition) is 0. The van der Waals surface area contributed by atoms with Gasteiger partial charge < -0.3 is 14.4 Å². The molecule has 0 unspecified atom stereocenters. The number of unbranched alkanes of at least 4 members (excludes halogenated alkanes) is 2. The average Bonchev–Trinajstić information content (AvgIpc) is 2.93. The van der Waals surface area contributed by atoms with Crippen LogP contribution in [-0.4, -0.2) is 62.5 Å². The lowest BCUT2D eigenvalue weighted by atomic mass is 9.96. The normalized spacial score (nSPS) is 14.7. The summed E-state index contributed by atoms with van der Waals surface area (Å²) in [5, 5.41) is 0. The molecule has 5 heteroatoms. The Morgan fingerprint density at radius 2 is 1.46 bits per heavy atom. The van der Waals surface area contributed by atoms with Crippen LogP contribution in [0.5, 0.6) is 11.5 Å². The fourth-order valence-corrected chi connectivity index (χ4v) is 4.80. The summed E-state index contributed by atoms with van der Waals surface area (Å²) in [5.74, 6) is 1.30. The van der Waals surface area contributed by atoms with Crippen LogP contribution in [0.4, 0.5) is 0 Å². The summed E-state index contributed by atoms with van der Waals surface area (Å²) in [4.78, 5) is 16.1. The van der Waals surface area contributed by atoms with E-state index in [1.807, 2.05) is 0 Å². The van der Waals surface area contributed by atoms with Gasteiger partial charge in [-0.15, -0.1) is 0 Å². The third-order valence-corrected chi connectivity index (χ3v) is 6.70. The molecule has 3 aromatic carbocycles. The Bertz CT molecular complexity index is 994. The van der Waals surface area contributed by atoms with Crippen molar-refractivity contribution >= 4 is 6.29 Å². The van der Waals surface area contributed by atoms with Gasteiger partial charge in [0.15, 0.2) is 11.5 Å². The van der Waals surface area contributed by atoms with Crippen LogP contribution < -0.4 is 9.47 Å². The third kappa shape index (κ3) is 6.93. The van der Waals surface area contributed by atoms with E-state index in [9.17, 15) is 4.79 Å². The Hall–Kier alpha value is -3.15. The Balaban J connectivity index is 1.19. The zero-order valence-electron chi connectivity index (χ0n) is 20.6. The largest absolute Gasteiger partial charge is 0.493 e. The van der Waals surface area contributed by atoms with Crippen LogP contribution in [0.1, 0.15) is 46.8 Å². The number of hydrogen-bond acceptors (Lipinski definition) is 5. The molecular formula is C30H36N2O3. The summed E-state index contributed by atoms with van der Waals surface area (Å²) in [6.07, 6.45) is 4.12. The molecule has 5 nitrogen and oxygen atoms in total. The third-order valence-electron chi connectivity index (χ3n) is 6.70. The summed E-state index contributed by atoms with van der Waals surface area (Å²) >= 11 is 0. The van der Waals surface area contributed by atoms with Gasteiger partial charge >= 0.3 is 0 Å². The number of piperazine rings is 1. The smallest absolute Gasteiger partial charge is 0.161 e. The monoisotopic (exact) mass is 472 g/mol. The fourth-order valence-electron chi connectivity index (χ4n) is 4.80. The van der Waals surface area contributed by atoms with E-state index in [1.165, 1.54) is 17.5 Å². The first-order valence-corrected chi connectivity index (χ1v) is 12.6. The molecule has 0 aliphatic carbocycles. The average molecular weight is 473 g/mol. The highest BCUT2D eigenvalue weighted by Crippen LogP contribution is 2.30. The maximum atomic E-state index is 10.9. The van der Waals surface area contributed by atoms with Gasteiger partial charge in [0.1, 0.15) is 6.29 Å². The first kappa shape index (κ1) is 25.0. The van der Waals surface area contributed by atoms with E-state index in [0.717, 1.165) is 51.9 Å². The zero-order chi connectivity index (χ0) is 24.3. The molecule has 0 bridgehead atoms. The second-order valence-electron chi connectivity index (χ2n) is 9.04. The van der Waals surface area contributed by atoms with Crippen LogP contribution in [-0.2, 0) is 0 Å².